The third kappa shape index (κ3) is 8.79. The average Bonchev–Trinajstić information content (AvgIpc) is 3.24. The van der Waals surface area contributed by atoms with E-state index in [1.165, 1.54) is 31.4 Å². The van der Waals surface area contributed by atoms with Gasteiger partial charge in [0.25, 0.3) is 0 Å². The lowest BCUT2D eigenvalue weighted by molar-refractivity contribution is 0.144. The second kappa shape index (κ2) is 12.6. The monoisotopic (exact) mass is 456 g/mol. The Balaban J connectivity index is 0.00000264. The maximum absolute atomic E-state index is 5.21. The second-order valence-electron chi connectivity index (χ2n) is 6.04. The quantitative estimate of drug-likeness (QED) is 0.300. The lowest BCUT2D eigenvalue weighted by atomic mass is 10.2. The van der Waals surface area contributed by atoms with Gasteiger partial charge >= 0.3 is 0 Å². The summed E-state index contributed by atoms with van der Waals surface area (Å²) in [6.07, 6.45) is 5.36. The normalized spacial score (nSPS) is 21.3. The molecule has 0 bridgehead atoms. The van der Waals surface area contributed by atoms with Gasteiger partial charge in [-0.15, -0.1) is 24.0 Å². The fourth-order valence-electron chi connectivity index (χ4n) is 2.77. The number of methoxy groups -OCH3 is 1. The van der Waals surface area contributed by atoms with Crippen molar-refractivity contribution in [3.05, 3.63) is 0 Å². The zero-order chi connectivity index (χ0) is 15.6. The van der Waals surface area contributed by atoms with Gasteiger partial charge < -0.3 is 15.4 Å². The predicted octanol–water partition coefficient (Wildman–Crippen LogP) is 2.17. The van der Waals surface area contributed by atoms with E-state index in [-0.39, 0.29) is 24.0 Å². The summed E-state index contributed by atoms with van der Waals surface area (Å²) in [5.41, 5.74) is 0. The van der Waals surface area contributed by atoms with Gasteiger partial charge in [-0.2, -0.15) is 11.8 Å². The van der Waals surface area contributed by atoms with Crippen LogP contribution in [-0.2, 0) is 4.74 Å². The molecule has 0 aromatic carbocycles. The highest BCUT2D eigenvalue weighted by Crippen LogP contribution is 2.26. The molecule has 0 aromatic heterocycles. The van der Waals surface area contributed by atoms with Gasteiger partial charge in [-0.1, -0.05) is 0 Å². The fraction of sp³-hybridized carbons (Fsp3) is 0.938. The number of nitrogens with one attached hydrogen (secondary N) is 2. The molecule has 1 saturated carbocycles. The summed E-state index contributed by atoms with van der Waals surface area (Å²) in [5, 5.41) is 7.56. The molecule has 0 aromatic rings. The summed E-state index contributed by atoms with van der Waals surface area (Å²) < 4.78 is 5.21. The minimum absolute atomic E-state index is 0. The zero-order valence-electron chi connectivity index (χ0n) is 14.6. The molecule has 23 heavy (non-hydrogen) atoms. The minimum atomic E-state index is 0. The molecule has 1 heterocycles. The molecular formula is C16H33IN4OS. The zero-order valence-corrected chi connectivity index (χ0v) is 17.7. The lowest BCUT2D eigenvalue weighted by Crippen LogP contribution is -2.43. The topological polar surface area (TPSA) is 48.9 Å². The second-order valence-corrected chi connectivity index (χ2v) is 7.45. The van der Waals surface area contributed by atoms with E-state index in [9.17, 15) is 0 Å². The number of hydrogen-bond acceptors (Lipinski definition) is 4. The molecule has 7 heteroatoms. The van der Waals surface area contributed by atoms with Gasteiger partial charge in [0.05, 0.1) is 13.2 Å². The van der Waals surface area contributed by atoms with Crippen LogP contribution in [0.3, 0.4) is 0 Å². The van der Waals surface area contributed by atoms with Gasteiger partial charge in [0, 0.05) is 44.6 Å². The largest absolute Gasteiger partial charge is 0.383 e. The van der Waals surface area contributed by atoms with Gasteiger partial charge in [0.1, 0.15) is 0 Å². The Hall–Kier alpha value is 0.270. The number of nitrogens with zero attached hydrogens (tertiary/aromatic N) is 2. The first-order chi connectivity index (χ1) is 10.8. The Kier molecular flexibility index (Phi) is 11.7. The molecule has 1 saturated heterocycles. The van der Waals surface area contributed by atoms with Gasteiger partial charge in [0.2, 0.25) is 0 Å². The van der Waals surface area contributed by atoms with Crippen molar-refractivity contribution in [2.45, 2.75) is 43.9 Å². The summed E-state index contributed by atoms with van der Waals surface area (Å²) in [7, 11) is 1.78. The molecule has 2 rings (SSSR count). The van der Waals surface area contributed by atoms with Gasteiger partial charge in [0.15, 0.2) is 5.96 Å². The fourth-order valence-corrected chi connectivity index (χ4v) is 3.95. The highest BCUT2D eigenvalue weighted by Gasteiger charge is 2.28. The predicted molar refractivity (Wildman–Crippen MR) is 111 cm³/mol. The van der Waals surface area contributed by atoms with E-state index < -0.39 is 0 Å². The molecule has 0 radical (unpaired) electrons. The molecule has 1 aliphatic heterocycles. The molecule has 0 spiro atoms. The molecule has 2 fully saturated rings. The standard InChI is InChI=1S/C16H32N4OS.HI/c1-3-17-16(19-13-15-5-4-12-22-15)18-8-9-20(10-11-21-2)14-6-7-14;/h14-15H,3-13H2,1-2H3,(H2,17,18,19);1H. The van der Waals surface area contributed by atoms with E-state index >= 15 is 0 Å². The van der Waals surface area contributed by atoms with Gasteiger partial charge in [-0.05, 0) is 38.4 Å². The van der Waals surface area contributed by atoms with Gasteiger partial charge in [-0.3, -0.25) is 9.89 Å². The van der Waals surface area contributed by atoms with Crippen molar-refractivity contribution >= 4 is 41.7 Å². The maximum Gasteiger partial charge on any atom is 0.191 e. The van der Waals surface area contributed by atoms with E-state index in [1.807, 2.05) is 0 Å². The molecule has 2 N–H and O–H groups in total. The van der Waals surface area contributed by atoms with Crippen LogP contribution in [0.1, 0.15) is 32.6 Å². The minimum Gasteiger partial charge on any atom is -0.383 e. The van der Waals surface area contributed by atoms with Crippen molar-refractivity contribution in [3.8, 4) is 0 Å². The van der Waals surface area contributed by atoms with Crippen molar-refractivity contribution in [1.29, 1.82) is 0 Å². The molecule has 136 valence electrons. The summed E-state index contributed by atoms with van der Waals surface area (Å²) >= 11 is 2.07. The van der Waals surface area contributed by atoms with Crippen molar-refractivity contribution < 1.29 is 4.74 Å². The molecule has 5 nitrogen and oxygen atoms in total. The van der Waals surface area contributed by atoms with E-state index in [2.05, 4.69) is 34.2 Å². The number of thioether (sulfide) groups is 1. The van der Waals surface area contributed by atoms with Crippen LogP contribution < -0.4 is 10.6 Å². The van der Waals surface area contributed by atoms with E-state index in [1.54, 1.807) is 7.11 Å². The highest BCUT2D eigenvalue weighted by atomic mass is 127. The van der Waals surface area contributed by atoms with E-state index in [0.29, 0.717) is 0 Å². The molecular weight excluding hydrogens is 423 g/mol. The van der Waals surface area contributed by atoms with Crippen LogP contribution in [0.5, 0.6) is 0 Å². The summed E-state index contributed by atoms with van der Waals surface area (Å²) in [5.74, 6) is 2.28. The third-order valence-electron chi connectivity index (χ3n) is 4.16. The third-order valence-corrected chi connectivity index (χ3v) is 5.54. The van der Waals surface area contributed by atoms with E-state index in [0.717, 1.165) is 56.6 Å². The van der Waals surface area contributed by atoms with Crippen LogP contribution in [0.25, 0.3) is 0 Å². The van der Waals surface area contributed by atoms with Crippen LogP contribution in [-0.4, -0.2) is 74.3 Å². The molecule has 1 unspecified atom stereocenters. The summed E-state index contributed by atoms with van der Waals surface area (Å²) in [6.45, 7) is 7.85. The average molecular weight is 456 g/mol. The lowest BCUT2D eigenvalue weighted by Gasteiger charge is -2.22. The Bertz CT molecular complexity index is 336. The Labute approximate surface area is 162 Å². The van der Waals surface area contributed by atoms with Crippen LogP contribution in [0.4, 0.5) is 0 Å². The Morgan fingerprint density at radius 1 is 1.26 bits per heavy atom. The number of aliphatic imine (C=N–C) groups is 1. The first kappa shape index (κ1) is 21.3. The molecule has 1 aliphatic carbocycles. The summed E-state index contributed by atoms with van der Waals surface area (Å²) in [6, 6.07) is 0.784. The number of hydrogen-bond donors (Lipinski definition) is 2. The number of rotatable bonds is 10. The number of ether oxygens (including phenoxy) is 1. The SMILES string of the molecule is CCNC(=NCC1CCCS1)NCCN(CCOC)C1CC1.I. The van der Waals surface area contributed by atoms with Crippen molar-refractivity contribution in [1.82, 2.24) is 15.5 Å². The molecule has 0 amide bonds. The van der Waals surface area contributed by atoms with Crippen LogP contribution >= 0.6 is 35.7 Å². The molecule has 1 atom stereocenters. The van der Waals surface area contributed by atoms with Crippen LogP contribution in [0, 0.1) is 0 Å². The van der Waals surface area contributed by atoms with Crippen molar-refractivity contribution in [2.75, 3.05) is 52.2 Å². The van der Waals surface area contributed by atoms with Crippen LogP contribution in [0.15, 0.2) is 4.99 Å². The summed E-state index contributed by atoms with van der Waals surface area (Å²) in [4.78, 5) is 7.28. The van der Waals surface area contributed by atoms with Crippen molar-refractivity contribution in [2.24, 2.45) is 4.99 Å². The Morgan fingerprint density at radius 2 is 2.09 bits per heavy atom. The Morgan fingerprint density at radius 3 is 2.70 bits per heavy atom. The number of halogens is 1. The number of guanidine groups is 1. The molecule has 2 aliphatic rings. The first-order valence-electron chi connectivity index (χ1n) is 8.70. The smallest absolute Gasteiger partial charge is 0.191 e. The highest BCUT2D eigenvalue weighted by molar-refractivity contribution is 14.0. The van der Waals surface area contributed by atoms with Gasteiger partial charge in [-0.25, -0.2) is 0 Å². The van der Waals surface area contributed by atoms with Crippen molar-refractivity contribution in [3.63, 3.8) is 0 Å². The van der Waals surface area contributed by atoms with Crippen LogP contribution in [0.2, 0.25) is 0 Å². The first-order valence-corrected chi connectivity index (χ1v) is 9.75. The van der Waals surface area contributed by atoms with E-state index in [4.69, 9.17) is 9.73 Å². The maximum atomic E-state index is 5.21.